The molecule has 1 fully saturated rings. The molecule has 0 spiro atoms. The van der Waals surface area contributed by atoms with Crippen LogP contribution in [0.25, 0.3) is 0 Å². The lowest BCUT2D eigenvalue weighted by Crippen LogP contribution is -2.44. The van der Waals surface area contributed by atoms with E-state index >= 15 is 0 Å². The van der Waals surface area contributed by atoms with Crippen molar-refractivity contribution in [2.45, 2.75) is 28.6 Å². The van der Waals surface area contributed by atoms with E-state index in [1.165, 1.54) is 11.1 Å². The first-order valence-electron chi connectivity index (χ1n) is 9.44. The van der Waals surface area contributed by atoms with E-state index < -0.39 is 0 Å². The Kier molecular flexibility index (Phi) is 8.19. The van der Waals surface area contributed by atoms with Crippen LogP contribution in [0.4, 0.5) is 0 Å². The number of likely N-dealkylation sites (tertiary alicyclic amines) is 1. The lowest BCUT2D eigenvalue weighted by Gasteiger charge is -2.38. The molecule has 2 aromatic carbocycles. The van der Waals surface area contributed by atoms with Crippen LogP contribution in [0.5, 0.6) is 5.75 Å². The first-order chi connectivity index (χ1) is 13.1. The highest BCUT2D eigenvalue weighted by molar-refractivity contribution is 9.10. The molecule has 5 heteroatoms. The summed E-state index contributed by atoms with van der Waals surface area (Å²) in [5.74, 6) is 1.40. The van der Waals surface area contributed by atoms with Crippen LogP contribution in [0.15, 0.2) is 54.6 Å². The largest absolute Gasteiger partial charge is 0.494 e. The van der Waals surface area contributed by atoms with E-state index in [9.17, 15) is 0 Å². The fourth-order valence-corrected chi connectivity index (χ4v) is 6.19. The number of hydrogen-bond donors (Lipinski definition) is 0. The van der Waals surface area contributed by atoms with Crippen molar-refractivity contribution in [3.8, 4) is 5.75 Å². The number of piperidine rings is 1. The maximum Gasteiger partial charge on any atom is 0.119 e. The molecular weight excluding hydrogens is 470 g/mol. The van der Waals surface area contributed by atoms with Crippen LogP contribution < -0.4 is 4.74 Å². The SMILES string of the molecule is CN1C[C@@H](Br)C(c2ccc(OCCCOCc3ccccc3)cc2)[C@@H](Br)C1. The highest BCUT2D eigenvalue weighted by atomic mass is 79.9. The van der Waals surface area contributed by atoms with Crippen LogP contribution in [0.2, 0.25) is 0 Å². The maximum atomic E-state index is 5.86. The predicted octanol–water partition coefficient (Wildman–Crippen LogP) is 5.23. The summed E-state index contributed by atoms with van der Waals surface area (Å²) < 4.78 is 11.6. The number of nitrogens with zero attached hydrogens (tertiary/aromatic N) is 1. The molecule has 3 atom stereocenters. The van der Waals surface area contributed by atoms with Gasteiger partial charge in [-0.25, -0.2) is 0 Å². The summed E-state index contributed by atoms with van der Waals surface area (Å²) in [5.41, 5.74) is 2.56. The highest BCUT2D eigenvalue weighted by Crippen LogP contribution is 2.37. The van der Waals surface area contributed by atoms with Gasteiger partial charge >= 0.3 is 0 Å². The topological polar surface area (TPSA) is 21.7 Å². The van der Waals surface area contributed by atoms with E-state index in [-0.39, 0.29) is 0 Å². The van der Waals surface area contributed by atoms with Gasteiger partial charge in [-0.2, -0.15) is 0 Å². The van der Waals surface area contributed by atoms with Gasteiger partial charge in [0.05, 0.1) is 19.8 Å². The van der Waals surface area contributed by atoms with Crippen LogP contribution in [0, 0.1) is 0 Å². The molecule has 0 N–H and O–H groups in total. The third-order valence-corrected chi connectivity index (χ3v) is 6.55. The Morgan fingerprint density at radius 2 is 1.59 bits per heavy atom. The minimum absolute atomic E-state index is 0.453. The first-order valence-corrected chi connectivity index (χ1v) is 11.3. The molecule has 1 aliphatic heterocycles. The van der Waals surface area contributed by atoms with Gasteiger partial charge in [-0.05, 0) is 30.3 Å². The van der Waals surface area contributed by atoms with Crippen LogP contribution in [-0.2, 0) is 11.3 Å². The average Bonchev–Trinajstić information content (AvgIpc) is 2.66. The number of alkyl halides is 2. The molecule has 0 saturated carbocycles. The Balaban J connectivity index is 1.39. The normalized spacial score (nSPS) is 23.3. The van der Waals surface area contributed by atoms with Gasteiger partial charge in [0, 0.05) is 35.1 Å². The van der Waals surface area contributed by atoms with E-state index in [4.69, 9.17) is 9.47 Å². The highest BCUT2D eigenvalue weighted by Gasteiger charge is 2.33. The second-order valence-corrected chi connectivity index (χ2v) is 9.44. The fourth-order valence-electron chi connectivity index (χ4n) is 3.44. The van der Waals surface area contributed by atoms with Crippen molar-refractivity contribution < 1.29 is 9.47 Å². The lowest BCUT2D eigenvalue weighted by atomic mass is 9.89. The Bertz CT molecular complexity index is 668. The third kappa shape index (κ3) is 6.31. The molecule has 0 radical (unpaired) electrons. The van der Waals surface area contributed by atoms with Gasteiger partial charge < -0.3 is 14.4 Å². The van der Waals surface area contributed by atoms with Crippen molar-refractivity contribution >= 4 is 31.9 Å². The standard InChI is InChI=1S/C22H27Br2NO2/c1-25-14-20(23)22(21(24)15-25)18-8-10-19(11-9-18)27-13-5-12-26-16-17-6-3-2-4-7-17/h2-4,6-11,20-22H,5,12-16H2,1H3/t20-,21+,22?. The quantitative estimate of drug-likeness (QED) is 0.369. The molecule has 3 rings (SSSR count). The summed E-state index contributed by atoms with van der Waals surface area (Å²) in [6.07, 6.45) is 0.885. The first kappa shape index (κ1) is 20.8. The number of halogens is 2. The van der Waals surface area contributed by atoms with Crippen molar-refractivity contribution in [1.29, 1.82) is 0 Å². The summed E-state index contributed by atoms with van der Waals surface area (Å²) in [6, 6.07) is 18.8. The Morgan fingerprint density at radius 3 is 2.26 bits per heavy atom. The van der Waals surface area contributed by atoms with Gasteiger partial charge in [-0.1, -0.05) is 74.3 Å². The molecule has 0 aliphatic carbocycles. The lowest BCUT2D eigenvalue weighted by molar-refractivity contribution is 0.107. The molecule has 1 aliphatic rings. The smallest absolute Gasteiger partial charge is 0.119 e. The number of ether oxygens (including phenoxy) is 2. The molecule has 0 bridgehead atoms. The monoisotopic (exact) mass is 495 g/mol. The Hall–Kier alpha value is -0.880. The van der Waals surface area contributed by atoms with Gasteiger partial charge in [0.2, 0.25) is 0 Å². The second kappa shape index (κ2) is 10.6. The molecule has 3 nitrogen and oxygen atoms in total. The number of hydrogen-bond acceptors (Lipinski definition) is 3. The van der Waals surface area contributed by atoms with Gasteiger partial charge in [0.15, 0.2) is 0 Å². The minimum Gasteiger partial charge on any atom is -0.494 e. The van der Waals surface area contributed by atoms with Crippen LogP contribution >= 0.6 is 31.9 Å². The van der Waals surface area contributed by atoms with E-state index in [0.717, 1.165) is 25.3 Å². The zero-order valence-electron chi connectivity index (χ0n) is 15.7. The second-order valence-electron chi connectivity index (χ2n) is 7.09. The zero-order valence-corrected chi connectivity index (χ0v) is 18.9. The molecule has 1 heterocycles. The molecule has 1 saturated heterocycles. The third-order valence-electron chi connectivity index (χ3n) is 4.83. The molecular formula is C22H27Br2NO2. The average molecular weight is 497 g/mol. The van der Waals surface area contributed by atoms with Crippen LogP contribution in [0.1, 0.15) is 23.5 Å². The Labute approximate surface area is 179 Å². The summed E-state index contributed by atoms with van der Waals surface area (Å²) >= 11 is 7.71. The van der Waals surface area contributed by atoms with Crippen molar-refractivity contribution in [2.75, 3.05) is 33.4 Å². The van der Waals surface area contributed by atoms with Crippen molar-refractivity contribution in [3.63, 3.8) is 0 Å². The zero-order chi connectivity index (χ0) is 19.1. The molecule has 2 aromatic rings. The molecule has 0 aromatic heterocycles. The van der Waals surface area contributed by atoms with E-state index in [0.29, 0.717) is 35.4 Å². The summed E-state index contributed by atoms with van der Waals surface area (Å²) in [6.45, 7) is 4.17. The Morgan fingerprint density at radius 1 is 0.926 bits per heavy atom. The van der Waals surface area contributed by atoms with Gasteiger partial charge in [-0.15, -0.1) is 0 Å². The summed E-state index contributed by atoms with van der Waals surface area (Å²) in [5, 5.41) is 0. The van der Waals surface area contributed by atoms with Gasteiger partial charge in [0.1, 0.15) is 5.75 Å². The predicted molar refractivity (Wildman–Crippen MR) is 118 cm³/mol. The summed E-state index contributed by atoms with van der Waals surface area (Å²) in [4.78, 5) is 3.26. The van der Waals surface area contributed by atoms with Crippen molar-refractivity contribution in [3.05, 3.63) is 65.7 Å². The van der Waals surface area contributed by atoms with Gasteiger partial charge in [-0.3, -0.25) is 0 Å². The number of rotatable bonds is 8. The van der Waals surface area contributed by atoms with E-state index in [2.05, 4.69) is 80.2 Å². The molecule has 1 unspecified atom stereocenters. The van der Waals surface area contributed by atoms with Crippen molar-refractivity contribution in [2.24, 2.45) is 0 Å². The number of benzene rings is 2. The van der Waals surface area contributed by atoms with E-state index in [1.54, 1.807) is 0 Å². The van der Waals surface area contributed by atoms with Crippen LogP contribution in [0.3, 0.4) is 0 Å². The van der Waals surface area contributed by atoms with E-state index in [1.807, 2.05) is 18.2 Å². The van der Waals surface area contributed by atoms with Crippen molar-refractivity contribution in [1.82, 2.24) is 4.90 Å². The fraction of sp³-hybridized carbons (Fsp3) is 0.455. The van der Waals surface area contributed by atoms with Gasteiger partial charge in [0.25, 0.3) is 0 Å². The maximum absolute atomic E-state index is 5.86. The molecule has 146 valence electrons. The molecule has 0 amide bonds. The van der Waals surface area contributed by atoms with Crippen LogP contribution in [-0.4, -0.2) is 47.9 Å². The summed E-state index contributed by atoms with van der Waals surface area (Å²) in [7, 11) is 2.17. The minimum atomic E-state index is 0.453. The molecule has 27 heavy (non-hydrogen) atoms.